The van der Waals surface area contributed by atoms with Gasteiger partial charge in [0.2, 0.25) is 0 Å². The van der Waals surface area contributed by atoms with Crippen LogP contribution in [0.5, 0.6) is 0 Å². The number of hydrogen-bond acceptors (Lipinski definition) is 2. The number of nitrogens with one attached hydrogen (secondary N) is 1. The molecule has 13 heavy (non-hydrogen) atoms. The molecule has 1 aliphatic carbocycles. The van der Waals surface area contributed by atoms with Gasteiger partial charge in [0.05, 0.1) is 6.20 Å². The fourth-order valence-corrected chi connectivity index (χ4v) is 1.17. The molecular formula is C10H13FN2. The van der Waals surface area contributed by atoms with E-state index in [1.54, 1.807) is 6.07 Å². The monoisotopic (exact) mass is 180 g/mol. The number of anilines is 1. The van der Waals surface area contributed by atoms with Gasteiger partial charge in [0, 0.05) is 6.54 Å². The molecule has 2 rings (SSSR count). The second-order valence-electron chi connectivity index (χ2n) is 4.03. The maximum absolute atomic E-state index is 12.5. The molecule has 0 spiro atoms. The van der Waals surface area contributed by atoms with Crippen molar-refractivity contribution in [3.05, 3.63) is 24.1 Å². The van der Waals surface area contributed by atoms with Gasteiger partial charge in [-0.15, -0.1) is 0 Å². The van der Waals surface area contributed by atoms with Crippen LogP contribution in [0, 0.1) is 11.2 Å². The van der Waals surface area contributed by atoms with Crippen LogP contribution >= 0.6 is 0 Å². The zero-order valence-electron chi connectivity index (χ0n) is 7.68. The number of pyridine rings is 1. The zero-order valence-corrected chi connectivity index (χ0v) is 7.68. The molecule has 0 saturated heterocycles. The van der Waals surface area contributed by atoms with Crippen molar-refractivity contribution in [1.29, 1.82) is 0 Å². The average molecular weight is 180 g/mol. The molecule has 1 heterocycles. The molecule has 3 heteroatoms. The molecule has 1 aromatic rings. The molecule has 70 valence electrons. The van der Waals surface area contributed by atoms with Crippen LogP contribution in [0.25, 0.3) is 0 Å². The first-order valence-corrected chi connectivity index (χ1v) is 4.53. The average Bonchev–Trinajstić information content (AvgIpc) is 2.84. The lowest BCUT2D eigenvalue weighted by Gasteiger charge is -2.09. The summed E-state index contributed by atoms with van der Waals surface area (Å²) < 4.78 is 12.5. The molecule has 1 fully saturated rings. The third-order valence-corrected chi connectivity index (χ3v) is 2.53. The smallest absolute Gasteiger partial charge is 0.141 e. The van der Waals surface area contributed by atoms with Crippen LogP contribution in [0.15, 0.2) is 18.3 Å². The topological polar surface area (TPSA) is 24.9 Å². The van der Waals surface area contributed by atoms with Gasteiger partial charge in [-0.25, -0.2) is 9.37 Å². The summed E-state index contributed by atoms with van der Waals surface area (Å²) in [5, 5.41) is 3.20. The summed E-state index contributed by atoms with van der Waals surface area (Å²) in [5.41, 5.74) is 0.454. The predicted octanol–water partition coefficient (Wildman–Crippen LogP) is 2.43. The summed E-state index contributed by atoms with van der Waals surface area (Å²) in [6.07, 6.45) is 3.79. The fourth-order valence-electron chi connectivity index (χ4n) is 1.17. The minimum absolute atomic E-state index is 0.289. The van der Waals surface area contributed by atoms with Crippen LogP contribution in [0.4, 0.5) is 10.2 Å². The lowest BCUT2D eigenvalue weighted by Crippen LogP contribution is -2.12. The molecule has 1 aliphatic rings. The van der Waals surface area contributed by atoms with Gasteiger partial charge in [0.15, 0.2) is 0 Å². The molecular weight excluding hydrogens is 167 g/mol. The molecule has 0 bridgehead atoms. The Morgan fingerprint density at radius 1 is 1.54 bits per heavy atom. The van der Waals surface area contributed by atoms with Crippen LogP contribution in [0.2, 0.25) is 0 Å². The van der Waals surface area contributed by atoms with Gasteiger partial charge in [0.1, 0.15) is 11.6 Å². The maximum atomic E-state index is 12.5. The predicted molar refractivity (Wildman–Crippen MR) is 50.0 cm³/mol. The van der Waals surface area contributed by atoms with Crippen molar-refractivity contribution in [2.24, 2.45) is 5.41 Å². The first-order valence-electron chi connectivity index (χ1n) is 4.53. The number of aromatic nitrogens is 1. The number of nitrogens with zero attached hydrogens (tertiary/aromatic N) is 1. The van der Waals surface area contributed by atoms with E-state index in [4.69, 9.17) is 0 Å². The molecule has 1 aromatic heterocycles. The Hall–Kier alpha value is -1.12. The Morgan fingerprint density at radius 3 is 2.85 bits per heavy atom. The quantitative estimate of drug-likeness (QED) is 0.772. The second-order valence-corrected chi connectivity index (χ2v) is 4.03. The summed E-state index contributed by atoms with van der Waals surface area (Å²) >= 11 is 0. The molecule has 0 amide bonds. The van der Waals surface area contributed by atoms with Crippen molar-refractivity contribution in [3.63, 3.8) is 0 Å². The minimum Gasteiger partial charge on any atom is -0.370 e. The summed E-state index contributed by atoms with van der Waals surface area (Å²) in [7, 11) is 0. The van der Waals surface area contributed by atoms with Crippen molar-refractivity contribution in [1.82, 2.24) is 4.98 Å². The van der Waals surface area contributed by atoms with E-state index >= 15 is 0 Å². The van der Waals surface area contributed by atoms with Crippen molar-refractivity contribution in [3.8, 4) is 0 Å². The maximum Gasteiger partial charge on any atom is 0.141 e. The third kappa shape index (κ3) is 2.17. The molecule has 2 nitrogen and oxygen atoms in total. The fraction of sp³-hybridized carbons (Fsp3) is 0.500. The van der Waals surface area contributed by atoms with Gasteiger partial charge in [-0.2, -0.15) is 0 Å². The van der Waals surface area contributed by atoms with Crippen molar-refractivity contribution < 1.29 is 4.39 Å². The molecule has 0 atom stereocenters. The molecule has 0 aliphatic heterocycles. The van der Waals surface area contributed by atoms with Crippen molar-refractivity contribution in [2.45, 2.75) is 19.8 Å². The Balaban J connectivity index is 1.91. The van der Waals surface area contributed by atoms with E-state index in [-0.39, 0.29) is 5.82 Å². The summed E-state index contributed by atoms with van der Waals surface area (Å²) in [4.78, 5) is 3.92. The standard InChI is InChI=1S/C10H13FN2/c1-10(4-5-10)7-13-9-3-2-8(11)6-12-9/h2-3,6H,4-5,7H2,1H3,(H,12,13). The van der Waals surface area contributed by atoms with Gasteiger partial charge in [0.25, 0.3) is 0 Å². The van der Waals surface area contributed by atoms with Gasteiger partial charge in [-0.1, -0.05) is 6.92 Å². The first kappa shape index (κ1) is 8.48. The first-order chi connectivity index (χ1) is 6.18. The van der Waals surface area contributed by atoms with E-state index in [9.17, 15) is 4.39 Å². The molecule has 0 aromatic carbocycles. The zero-order chi connectivity index (χ0) is 9.31. The normalized spacial score (nSPS) is 18.3. The van der Waals surface area contributed by atoms with Gasteiger partial charge in [-0.3, -0.25) is 0 Å². The Bertz CT molecular complexity index is 290. The van der Waals surface area contributed by atoms with Crippen molar-refractivity contribution >= 4 is 5.82 Å². The largest absolute Gasteiger partial charge is 0.370 e. The Morgan fingerprint density at radius 2 is 2.31 bits per heavy atom. The van der Waals surface area contributed by atoms with E-state index < -0.39 is 0 Å². The third-order valence-electron chi connectivity index (χ3n) is 2.53. The lowest BCUT2D eigenvalue weighted by atomic mass is 10.1. The highest BCUT2D eigenvalue weighted by Crippen LogP contribution is 2.44. The van der Waals surface area contributed by atoms with Crippen LogP contribution < -0.4 is 5.32 Å². The summed E-state index contributed by atoms with van der Waals surface area (Å²) in [5.74, 6) is 0.470. The minimum atomic E-state index is -0.289. The van der Waals surface area contributed by atoms with E-state index in [0.717, 1.165) is 12.4 Å². The number of halogens is 1. The summed E-state index contributed by atoms with van der Waals surface area (Å²) in [6, 6.07) is 3.09. The highest BCUT2D eigenvalue weighted by Gasteiger charge is 2.36. The molecule has 0 unspecified atom stereocenters. The van der Waals surface area contributed by atoms with E-state index in [1.807, 2.05) is 0 Å². The molecule has 0 radical (unpaired) electrons. The van der Waals surface area contributed by atoms with E-state index in [2.05, 4.69) is 17.2 Å². The number of hydrogen-bond donors (Lipinski definition) is 1. The van der Waals surface area contributed by atoms with Gasteiger partial charge >= 0.3 is 0 Å². The Kier molecular flexibility index (Phi) is 1.94. The van der Waals surface area contributed by atoms with E-state index in [1.165, 1.54) is 25.1 Å². The van der Waals surface area contributed by atoms with Crippen LogP contribution in [-0.4, -0.2) is 11.5 Å². The van der Waals surface area contributed by atoms with Crippen molar-refractivity contribution in [2.75, 3.05) is 11.9 Å². The Labute approximate surface area is 77.2 Å². The lowest BCUT2D eigenvalue weighted by molar-refractivity contribution is 0.606. The molecule has 1 N–H and O–H groups in total. The second kappa shape index (κ2) is 2.98. The SMILES string of the molecule is CC1(CNc2ccc(F)cn2)CC1. The van der Waals surface area contributed by atoms with Crippen LogP contribution in [0.3, 0.4) is 0 Å². The van der Waals surface area contributed by atoms with Gasteiger partial charge in [-0.05, 0) is 30.4 Å². The summed E-state index contributed by atoms with van der Waals surface area (Å²) in [6.45, 7) is 3.18. The highest BCUT2D eigenvalue weighted by molar-refractivity contribution is 5.34. The van der Waals surface area contributed by atoms with Gasteiger partial charge < -0.3 is 5.32 Å². The molecule has 1 saturated carbocycles. The van der Waals surface area contributed by atoms with E-state index in [0.29, 0.717) is 5.41 Å². The number of rotatable bonds is 3. The van der Waals surface area contributed by atoms with Crippen LogP contribution in [-0.2, 0) is 0 Å². The van der Waals surface area contributed by atoms with Crippen LogP contribution in [0.1, 0.15) is 19.8 Å². The highest BCUT2D eigenvalue weighted by atomic mass is 19.1.